The molecule has 2 aliphatic heterocycles. The minimum atomic E-state index is 0.753. The van der Waals surface area contributed by atoms with Crippen LogP contribution in [-0.2, 0) is 0 Å². The van der Waals surface area contributed by atoms with E-state index in [0.29, 0.717) is 0 Å². The summed E-state index contributed by atoms with van der Waals surface area (Å²) in [5.74, 6) is 2.73. The molecular formula is C27H36ClN5. The Balaban J connectivity index is 1.29. The van der Waals surface area contributed by atoms with Crippen molar-refractivity contribution in [3.63, 3.8) is 0 Å². The fourth-order valence-corrected chi connectivity index (χ4v) is 5.43. The monoisotopic (exact) mass is 465 g/mol. The lowest BCUT2D eigenvalue weighted by Gasteiger charge is -2.33. The van der Waals surface area contributed by atoms with E-state index in [9.17, 15) is 0 Å². The molecule has 2 aromatic rings. The van der Waals surface area contributed by atoms with Crippen molar-refractivity contribution in [3.8, 4) is 5.69 Å². The number of hydrogen-bond acceptors (Lipinski definition) is 4. The molecule has 1 aromatic carbocycles. The summed E-state index contributed by atoms with van der Waals surface area (Å²) in [7, 11) is 0. The molecule has 3 heterocycles. The summed E-state index contributed by atoms with van der Waals surface area (Å²) < 4.78 is 2.10. The van der Waals surface area contributed by atoms with Crippen LogP contribution in [0.3, 0.4) is 0 Å². The van der Waals surface area contributed by atoms with Crippen molar-refractivity contribution in [3.05, 3.63) is 52.0 Å². The largest absolute Gasteiger partial charge is 0.355 e. The number of hydrogen-bond donors (Lipinski definition) is 2. The summed E-state index contributed by atoms with van der Waals surface area (Å²) in [6, 6.07) is 8.00. The highest BCUT2D eigenvalue weighted by molar-refractivity contribution is 6.30. The van der Waals surface area contributed by atoms with Crippen LogP contribution in [0.15, 0.2) is 36.4 Å². The highest BCUT2D eigenvalue weighted by Crippen LogP contribution is 2.21. The Kier molecular flexibility index (Phi) is 7.50. The van der Waals surface area contributed by atoms with Crippen molar-refractivity contribution in [2.75, 3.05) is 44.2 Å². The summed E-state index contributed by atoms with van der Waals surface area (Å²) in [5, 5.41) is 15.6. The number of fused-ring (bicyclic) bond motifs is 1. The summed E-state index contributed by atoms with van der Waals surface area (Å²) >= 11 is 6.14. The van der Waals surface area contributed by atoms with E-state index in [-0.39, 0.29) is 0 Å². The van der Waals surface area contributed by atoms with E-state index in [1.54, 1.807) is 0 Å². The van der Waals surface area contributed by atoms with Gasteiger partial charge in [0.25, 0.3) is 0 Å². The van der Waals surface area contributed by atoms with Crippen LogP contribution in [-0.4, -0.2) is 49.0 Å². The number of piperidine rings is 2. The molecule has 2 saturated heterocycles. The zero-order valence-electron chi connectivity index (χ0n) is 19.5. The van der Waals surface area contributed by atoms with E-state index in [1.165, 1.54) is 55.9 Å². The van der Waals surface area contributed by atoms with Gasteiger partial charge < -0.3 is 15.5 Å². The minimum absolute atomic E-state index is 0.753. The van der Waals surface area contributed by atoms with Crippen LogP contribution in [0.25, 0.3) is 17.8 Å². The molecule has 0 amide bonds. The third-order valence-electron chi connectivity index (χ3n) is 7.32. The van der Waals surface area contributed by atoms with Gasteiger partial charge in [0, 0.05) is 23.3 Å². The Morgan fingerprint density at radius 2 is 1.70 bits per heavy atom. The fourth-order valence-electron chi connectivity index (χ4n) is 5.30. The van der Waals surface area contributed by atoms with Gasteiger partial charge in [-0.1, -0.05) is 29.8 Å². The Morgan fingerprint density at radius 1 is 0.970 bits per heavy atom. The molecule has 3 aliphatic rings. The van der Waals surface area contributed by atoms with Gasteiger partial charge in [-0.05, 0) is 107 Å². The van der Waals surface area contributed by atoms with Gasteiger partial charge in [0.2, 0.25) is 0 Å². The fraction of sp³-hybridized carbons (Fsp3) is 0.519. The van der Waals surface area contributed by atoms with Crippen LogP contribution in [0, 0.1) is 11.8 Å². The van der Waals surface area contributed by atoms with Crippen LogP contribution in [0.4, 0.5) is 5.82 Å². The number of nitrogens with zero attached hydrogens (tertiary/aromatic N) is 3. The second-order valence-corrected chi connectivity index (χ2v) is 10.1. The topological polar surface area (TPSA) is 45.1 Å². The van der Waals surface area contributed by atoms with E-state index in [1.807, 2.05) is 12.1 Å². The standard InChI is InChI=1S/C27H36ClN5/c28-23-7-9-24(10-8-23)33-26-6-4-2-1-3-5-25(26)27(31-33)32-17-13-22(14-18-32)20-30-19-21-11-15-29-16-12-21/h1,3,5-10,21-22,29-30H,2,4,11-20H2. The van der Waals surface area contributed by atoms with Crippen molar-refractivity contribution >= 4 is 29.6 Å². The molecular weight excluding hydrogens is 430 g/mol. The molecule has 5 rings (SSSR count). The van der Waals surface area contributed by atoms with E-state index in [0.717, 1.165) is 60.8 Å². The van der Waals surface area contributed by atoms with Crippen LogP contribution in [0.2, 0.25) is 5.02 Å². The van der Waals surface area contributed by atoms with Gasteiger partial charge in [0.15, 0.2) is 5.82 Å². The lowest BCUT2D eigenvalue weighted by atomic mass is 9.95. The van der Waals surface area contributed by atoms with Crippen LogP contribution in [0.1, 0.15) is 38.5 Å². The number of allylic oxidation sites excluding steroid dienone is 2. The maximum Gasteiger partial charge on any atom is 0.158 e. The van der Waals surface area contributed by atoms with Crippen LogP contribution in [0.5, 0.6) is 0 Å². The number of anilines is 1. The van der Waals surface area contributed by atoms with Crippen molar-refractivity contribution in [2.24, 2.45) is 11.8 Å². The Morgan fingerprint density at radius 3 is 2.45 bits per heavy atom. The molecule has 2 N–H and O–H groups in total. The quantitative estimate of drug-likeness (QED) is 0.687. The molecule has 0 unspecified atom stereocenters. The van der Waals surface area contributed by atoms with Gasteiger partial charge in [-0.3, -0.25) is 0 Å². The van der Waals surface area contributed by atoms with E-state index in [4.69, 9.17) is 16.7 Å². The summed E-state index contributed by atoms with van der Waals surface area (Å²) in [4.78, 5) is 2.49. The van der Waals surface area contributed by atoms with Crippen molar-refractivity contribution in [1.82, 2.24) is 20.4 Å². The normalized spacial score (nSPS) is 20.0. The summed E-state index contributed by atoms with van der Waals surface area (Å²) in [5.41, 5.74) is 1.06. The molecule has 33 heavy (non-hydrogen) atoms. The highest BCUT2D eigenvalue weighted by atomic mass is 35.5. The average molecular weight is 466 g/mol. The SMILES string of the molecule is Clc1ccc(-n2nc(N3CCC(CNCC4CCNCC4)CC3)c3c2=CCCC=CC=3)cc1. The van der Waals surface area contributed by atoms with Crippen molar-refractivity contribution < 1.29 is 0 Å². The average Bonchev–Trinajstić information content (AvgIpc) is 3.17. The Bertz CT molecular complexity index is 1060. The first kappa shape index (κ1) is 22.7. The Labute approximate surface area is 202 Å². The molecule has 1 aliphatic carbocycles. The third-order valence-corrected chi connectivity index (χ3v) is 7.57. The molecule has 0 bridgehead atoms. The highest BCUT2D eigenvalue weighted by Gasteiger charge is 2.23. The minimum Gasteiger partial charge on any atom is -0.355 e. The second-order valence-electron chi connectivity index (χ2n) is 9.67. The lowest BCUT2D eigenvalue weighted by Crippen LogP contribution is -2.41. The zero-order valence-corrected chi connectivity index (χ0v) is 20.2. The number of rotatable bonds is 6. The second kappa shape index (κ2) is 10.9. The van der Waals surface area contributed by atoms with Gasteiger partial charge in [-0.2, -0.15) is 0 Å². The molecule has 0 spiro atoms. The number of nitrogens with one attached hydrogen (secondary N) is 2. The predicted molar refractivity (Wildman–Crippen MR) is 139 cm³/mol. The van der Waals surface area contributed by atoms with Gasteiger partial charge in [0.05, 0.1) is 11.0 Å². The van der Waals surface area contributed by atoms with E-state index in [2.05, 4.69) is 56.7 Å². The molecule has 0 atom stereocenters. The molecule has 0 saturated carbocycles. The van der Waals surface area contributed by atoms with Crippen LogP contribution >= 0.6 is 11.6 Å². The Hall–Kier alpha value is -2.08. The lowest BCUT2D eigenvalue weighted by molar-refractivity contribution is 0.327. The summed E-state index contributed by atoms with van der Waals surface area (Å²) in [6.07, 6.45) is 16.2. The van der Waals surface area contributed by atoms with Gasteiger partial charge in [-0.25, -0.2) is 4.68 Å². The van der Waals surface area contributed by atoms with E-state index < -0.39 is 0 Å². The maximum atomic E-state index is 6.14. The molecule has 5 nitrogen and oxygen atoms in total. The van der Waals surface area contributed by atoms with Crippen molar-refractivity contribution in [1.29, 1.82) is 0 Å². The number of benzene rings is 1. The predicted octanol–water partition coefficient (Wildman–Crippen LogP) is 3.24. The smallest absolute Gasteiger partial charge is 0.158 e. The maximum absolute atomic E-state index is 6.14. The molecule has 6 heteroatoms. The first-order chi connectivity index (χ1) is 16.3. The van der Waals surface area contributed by atoms with E-state index >= 15 is 0 Å². The number of aromatic nitrogens is 2. The zero-order chi connectivity index (χ0) is 22.5. The van der Waals surface area contributed by atoms with Crippen LogP contribution < -0.4 is 26.1 Å². The number of halogens is 1. The first-order valence-corrected chi connectivity index (χ1v) is 13.0. The first-order valence-electron chi connectivity index (χ1n) is 12.7. The van der Waals surface area contributed by atoms with Crippen molar-refractivity contribution in [2.45, 2.75) is 38.5 Å². The molecule has 176 valence electrons. The van der Waals surface area contributed by atoms with Gasteiger partial charge in [-0.15, -0.1) is 5.10 Å². The van der Waals surface area contributed by atoms with Gasteiger partial charge in [0.1, 0.15) is 0 Å². The molecule has 2 fully saturated rings. The van der Waals surface area contributed by atoms with Gasteiger partial charge >= 0.3 is 0 Å². The summed E-state index contributed by atoms with van der Waals surface area (Å²) in [6.45, 7) is 6.83. The molecule has 1 aromatic heterocycles. The third kappa shape index (κ3) is 5.53. The molecule has 0 radical (unpaired) electrons.